The number of nitrogens with one attached hydrogen (secondary N) is 2. The first-order valence-electron chi connectivity index (χ1n) is 14.5. The lowest BCUT2D eigenvalue weighted by Gasteiger charge is -2.29. The Labute approximate surface area is 246 Å². The maximum atomic E-state index is 13.0. The van der Waals surface area contributed by atoms with Gasteiger partial charge < -0.3 is 34.7 Å². The van der Waals surface area contributed by atoms with Crippen LogP contribution >= 0.6 is 0 Å². The maximum Gasteiger partial charge on any atom is 0.407 e. The van der Waals surface area contributed by atoms with Crippen LogP contribution in [0.3, 0.4) is 0 Å². The highest BCUT2D eigenvalue weighted by atomic mass is 16.7. The van der Waals surface area contributed by atoms with Crippen molar-refractivity contribution in [2.24, 2.45) is 5.92 Å². The monoisotopic (exact) mass is 574 g/mol. The Bertz CT molecular complexity index is 1260. The Hall–Kier alpha value is -3.92. The minimum absolute atomic E-state index is 0.0109. The summed E-state index contributed by atoms with van der Waals surface area (Å²) >= 11 is 0. The van der Waals surface area contributed by atoms with Crippen molar-refractivity contribution in [1.29, 1.82) is 0 Å². The molecule has 2 aliphatic heterocycles. The molecule has 0 spiro atoms. The van der Waals surface area contributed by atoms with Gasteiger partial charge in [0.05, 0.1) is 31.3 Å². The number of fused-ring (bicyclic) bond motifs is 1. The van der Waals surface area contributed by atoms with E-state index in [2.05, 4.69) is 10.6 Å². The molecule has 222 valence electrons. The molecule has 3 N–H and O–H groups in total. The zero-order valence-electron chi connectivity index (χ0n) is 23.5. The van der Waals surface area contributed by atoms with Crippen molar-refractivity contribution >= 4 is 12.0 Å². The summed E-state index contributed by atoms with van der Waals surface area (Å²) < 4.78 is 22.5. The van der Waals surface area contributed by atoms with Gasteiger partial charge in [0.2, 0.25) is 0 Å². The van der Waals surface area contributed by atoms with Crippen LogP contribution < -0.4 is 15.4 Å². The number of alkyl carbamates (subject to hydrolysis) is 1. The first-order valence-corrected chi connectivity index (χ1v) is 14.5. The lowest BCUT2D eigenvalue weighted by atomic mass is 9.93. The lowest BCUT2D eigenvalue weighted by molar-refractivity contribution is -0.124. The molecule has 0 saturated carbocycles. The van der Waals surface area contributed by atoms with Crippen molar-refractivity contribution in [2.75, 3.05) is 19.8 Å². The summed E-state index contributed by atoms with van der Waals surface area (Å²) in [5, 5.41) is 17.4. The van der Waals surface area contributed by atoms with Crippen LogP contribution in [-0.2, 0) is 31.8 Å². The van der Waals surface area contributed by atoms with Crippen molar-refractivity contribution in [3.63, 3.8) is 0 Å². The number of ether oxygens (including phenoxy) is 4. The van der Waals surface area contributed by atoms with Crippen LogP contribution in [0.1, 0.15) is 24.0 Å². The van der Waals surface area contributed by atoms with E-state index in [1.165, 1.54) is 0 Å². The standard InChI is InChI=1S/C33H38N2O7/c36-29(20-25(18-23-10-4-1-5-11-23)34-31(37)22-40-26-14-8-3-9-15-26)28(19-24-12-6-2-7-13-24)35-33(38)42-30-21-41-32-27(30)16-17-39-32/h1-15,25,27-30,32,36H,16-22H2,(H,34,37)(H,35,38)/t25-,27?,28-,29-,30-,32?/m0/s1. The molecule has 2 saturated heterocycles. The van der Waals surface area contributed by atoms with Gasteiger partial charge in [0, 0.05) is 6.04 Å². The van der Waals surface area contributed by atoms with Crippen molar-refractivity contribution in [3.05, 3.63) is 102 Å². The van der Waals surface area contributed by atoms with Crippen LogP contribution in [0.5, 0.6) is 5.75 Å². The zero-order valence-corrected chi connectivity index (χ0v) is 23.5. The SMILES string of the molecule is O=C(COc1ccccc1)N[C@@H](Cc1ccccc1)C[C@H](O)[C@H](Cc1ccccc1)NC(=O)O[C@H]1COC2OCCC21. The van der Waals surface area contributed by atoms with Gasteiger partial charge in [-0.15, -0.1) is 0 Å². The molecule has 2 aliphatic rings. The van der Waals surface area contributed by atoms with Gasteiger partial charge in [0.1, 0.15) is 11.9 Å². The molecule has 9 nitrogen and oxygen atoms in total. The fraction of sp³-hybridized carbons (Fsp3) is 0.394. The Morgan fingerprint density at radius 2 is 1.50 bits per heavy atom. The van der Waals surface area contributed by atoms with E-state index in [0.717, 1.165) is 17.5 Å². The molecule has 0 aliphatic carbocycles. The molecule has 3 aromatic rings. The van der Waals surface area contributed by atoms with Crippen LogP contribution in [0.2, 0.25) is 0 Å². The largest absolute Gasteiger partial charge is 0.484 e. The van der Waals surface area contributed by atoms with E-state index in [-0.39, 0.29) is 37.7 Å². The van der Waals surface area contributed by atoms with Crippen LogP contribution in [0.15, 0.2) is 91.0 Å². The summed E-state index contributed by atoms with van der Waals surface area (Å²) in [5.41, 5.74) is 1.97. The predicted molar refractivity (Wildman–Crippen MR) is 156 cm³/mol. The maximum absolute atomic E-state index is 13.0. The van der Waals surface area contributed by atoms with E-state index in [1.54, 1.807) is 12.1 Å². The summed E-state index contributed by atoms with van der Waals surface area (Å²) in [6.07, 6.45) is -0.470. The molecule has 9 heteroatoms. The van der Waals surface area contributed by atoms with Crippen molar-refractivity contribution in [3.8, 4) is 5.75 Å². The quantitative estimate of drug-likeness (QED) is 0.286. The first kappa shape index (κ1) is 29.6. The summed E-state index contributed by atoms with van der Waals surface area (Å²) in [4.78, 5) is 25.9. The normalized spacial score (nSPS) is 21.5. The highest BCUT2D eigenvalue weighted by Crippen LogP contribution is 2.33. The molecular weight excluding hydrogens is 536 g/mol. The summed E-state index contributed by atoms with van der Waals surface area (Å²) in [6.45, 7) is 0.709. The van der Waals surface area contributed by atoms with Gasteiger partial charge in [-0.3, -0.25) is 4.79 Å². The van der Waals surface area contributed by atoms with Gasteiger partial charge in [0.25, 0.3) is 5.91 Å². The van der Waals surface area contributed by atoms with Gasteiger partial charge in [-0.25, -0.2) is 4.79 Å². The summed E-state index contributed by atoms with van der Waals surface area (Å²) in [5.74, 6) is 0.312. The van der Waals surface area contributed by atoms with E-state index in [1.807, 2.05) is 78.9 Å². The number of para-hydroxylation sites is 1. The number of aliphatic hydroxyl groups is 1. The highest BCUT2D eigenvalue weighted by Gasteiger charge is 2.44. The van der Waals surface area contributed by atoms with E-state index in [4.69, 9.17) is 18.9 Å². The molecule has 2 unspecified atom stereocenters. The minimum atomic E-state index is -0.982. The van der Waals surface area contributed by atoms with Gasteiger partial charge in [-0.1, -0.05) is 78.9 Å². The fourth-order valence-electron chi connectivity index (χ4n) is 5.50. The van der Waals surface area contributed by atoms with Gasteiger partial charge >= 0.3 is 6.09 Å². The van der Waals surface area contributed by atoms with E-state index in [9.17, 15) is 14.7 Å². The number of aliphatic hydroxyl groups excluding tert-OH is 1. The van der Waals surface area contributed by atoms with E-state index in [0.29, 0.717) is 25.2 Å². The number of hydrogen-bond donors (Lipinski definition) is 3. The number of amides is 2. The molecule has 3 aromatic carbocycles. The molecule has 42 heavy (non-hydrogen) atoms. The molecule has 2 fully saturated rings. The second-order valence-electron chi connectivity index (χ2n) is 10.8. The predicted octanol–water partition coefficient (Wildman–Crippen LogP) is 3.64. The van der Waals surface area contributed by atoms with Crippen LogP contribution in [0.25, 0.3) is 0 Å². The zero-order chi connectivity index (χ0) is 29.1. The third-order valence-electron chi connectivity index (χ3n) is 7.64. The number of rotatable bonds is 13. The number of carbonyl (C=O) groups is 2. The number of benzene rings is 3. The second kappa shape index (κ2) is 14.8. The average Bonchev–Trinajstić information content (AvgIpc) is 3.62. The van der Waals surface area contributed by atoms with E-state index < -0.39 is 30.4 Å². The van der Waals surface area contributed by atoms with Crippen LogP contribution in [0.4, 0.5) is 4.79 Å². The molecule has 2 amide bonds. The Morgan fingerprint density at radius 1 is 0.857 bits per heavy atom. The fourth-order valence-corrected chi connectivity index (χ4v) is 5.50. The summed E-state index contributed by atoms with van der Waals surface area (Å²) in [7, 11) is 0. The lowest BCUT2D eigenvalue weighted by Crippen LogP contribution is -2.50. The highest BCUT2D eigenvalue weighted by molar-refractivity contribution is 5.77. The third kappa shape index (κ3) is 8.55. The third-order valence-corrected chi connectivity index (χ3v) is 7.64. The Balaban J connectivity index is 1.25. The topological polar surface area (TPSA) is 115 Å². The van der Waals surface area contributed by atoms with Crippen molar-refractivity contribution in [1.82, 2.24) is 10.6 Å². The molecular formula is C33H38N2O7. The summed E-state index contributed by atoms with van der Waals surface area (Å²) in [6, 6.07) is 27.5. The molecule has 5 rings (SSSR count). The first-order chi connectivity index (χ1) is 20.5. The van der Waals surface area contributed by atoms with Gasteiger partial charge in [-0.05, 0) is 48.9 Å². The van der Waals surface area contributed by atoms with Gasteiger partial charge in [-0.2, -0.15) is 0 Å². The number of hydrogen-bond acceptors (Lipinski definition) is 7. The van der Waals surface area contributed by atoms with Crippen molar-refractivity contribution in [2.45, 2.75) is 56.3 Å². The van der Waals surface area contributed by atoms with Crippen LogP contribution in [-0.4, -0.2) is 67.5 Å². The Kier molecular flexibility index (Phi) is 10.4. The van der Waals surface area contributed by atoms with Crippen LogP contribution in [0, 0.1) is 5.92 Å². The number of carbonyl (C=O) groups excluding carboxylic acids is 2. The smallest absolute Gasteiger partial charge is 0.407 e. The molecule has 0 radical (unpaired) electrons. The molecule has 0 aromatic heterocycles. The molecule has 6 atom stereocenters. The minimum Gasteiger partial charge on any atom is -0.484 e. The Morgan fingerprint density at radius 3 is 2.19 bits per heavy atom. The second-order valence-corrected chi connectivity index (χ2v) is 10.8. The van der Waals surface area contributed by atoms with E-state index >= 15 is 0 Å². The molecule has 2 heterocycles. The van der Waals surface area contributed by atoms with Crippen molar-refractivity contribution < 1.29 is 33.6 Å². The molecule has 0 bridgehead atoms. The van der Waals surface area contributed by atoms with Gasteiger partial charge in [0.15, 0.2) is 12.9 Å². The average molecular weight is 575 g/mol.